The van der Waals surface area contributed by atoms with E-state index in [-0.39, 0.29) is 6.10 Å². The molecule has 3 aromatic rings. The van der Waals surface area contributed by atoms with Gasteiger partial charge in [-0.15, -0.1) is 0 Å². The Morgan fingerprint density at radius 1 is 1.00 bits per heavy atom. The highest BCUT2D eigenvalue weighted by molar-refractivity contribution is 6.42. The minimum absolute atomic E-state index is 0.121. The normalized spacial score (nSPS) is 16.9. The van der Waals surface area contributed by atoms with Crippen LogP contribution in [0.4, 0.5) is 0 Å². The average molecular weight is 402 g/mol. The molecule has 0 radical (unpaired) electrons. The molecular weight excluding hydrogens is 381 g/mol. The van der Waals surface area contributed by atoms with E-state index in [0.29, 0.717) is 16.7 Å². The van der Waals surface area contributed by atoms with Crippen LogP contribution in [0.1, 0.15) is 24.0 Å². The quantitative estimate of drug-likeness (QED) is 0.569. The fraction of sp³-hybridized carbons (Fsp3) is 0.333. The minimum atomic E-state index is 0.121. The van der Waals surface area contributed by atoms with Crippen molar-refractivity contribution in [2.24, 2.45) is 0 Å². The highest BCUT2D eigenvalue weighted by Crippen LogP contribution is 2.34. The molecule has 0 N–H and O–H groups in total. The number of imidazole rings is 1. The van der Waals surface area contributed by atoms with Gasteiger partial charge in [0.15, 0.2) is 0 Å². The second-order valence-electron chi connectivity index (χ2n) is 7.04. The van der Waals surface area contributed by atoms with E-state index in [1.54, 1.807) is 0 Å². The first-order valence-corrected chi connectivity index (χ1v) is 9.80. The number of aromatic nitrogens is 3. The molecule has 0 amide bonds. The lowest BCUT2D eigenvalue weighted by Gasteiger charge is -2.13. The molecule has 140 valence electrons. The molecule has 2 aromatic heterocycles. The Morgan fingerprint density at radius 2 is 1.74 bits per heavy atom. The lowest BCUT2D eigenvalue weighted by molar-refractivity contribution is 0.0666. The SMILES string of the molecule is Cc1cc(-c2nc(-c3ccc(Cl)c(Cl)c3)n3c2CCOC(C)C3)cc(C)n1. The van der Waals surface area contributed by atoms with E-state index in [1.165, 1.54) is 5.69 Å². The second kappa shape index (κ2) is 7.27. The summed E-state index contributed by atoms with van der Waals surface area (Å²) < 4.78 is 8.17. The van der Waals surface area contributed by atoms with Gasteiger partial charge < -0.3 is 9.30 Å². The second-order valence-corrected chi connectivity index (χ2v) is 7.85. The van der Waals surface area contributed by atoms with Crippen molar-refractivity contribution in [1.82, 2.24) is 14.5 Å². The summed E-state index contributed by atoms with van der Waals surface area (Å²) in [7, 11) is 0. The van der Waals surface area contributed by atoms with Gasteiger partial charge in [0.25, 0.3) is 0 Å². The first-order chi connectivity index (χ1) is 12.9. The lowest BCUT2D eigenvalue weighted by Crippen LogP contribution is -2.14. The molecule has 0 bridgehead atoms. The fourth-order valence-corrected chi connectivity index (χ4v) is 3.96. The molecular formula is C21H21Cl2N3O. The van der Waals surface area contributed by atoms with Gasteiger partial charge in [-0.3, -0.25) is 4.98 Å². The third-order valence-electron chi connectivity index (χ3n) is 4.79. The van der Waals surface area contributed by atoms with Gasteiger partial charge in [-0.25, -0.2) is 4.98 Å². The van der Waals surface area contributed by atoms with Crippen LogP contribution in [0.3, 0.4) is 0 Å². The Labute approximate surface area is 169 Å². The number of fused-ring (bicyclic) bond motifs is 1. The first kappa shape index (κ1) is 18.5. The highest BCUT2D eigenvalue weighted by atomic mass is 35.5. The Morgan fingerprint density at radius 3 is 2.44 bits per heavy atom. The molecule has 4 nitrogen and oxygen atoms in total. The molecule has 1 atom stereocenters. The molecule has 0 saturated heterocycles. The van der Waals surface area contributed by atoms with Crippen LogP contribution in [0.5, 0.6) is 0 Å². The maximum Gasteiger partial charge on any atom is 0.141 e. The van der Waals surface area contributed by atoms with Crippen LogP contribution in [0.15, 0.2) is 30.3 Å². The molecule has 1 aliphatic heterocycles. The summed E-state index contributed by atoms with van der Waals surface area (Å²) in [6.07, 6.45) is 0.935. The van der Waals surface area contributed by atoms with Crippen molar-refractivity contribution in [2.75, 3.05) is 6.61 Å². The zero-order valence-electron chi connectivity index (χ0n) is 15.6. The maximum absolute atomic E-state index is 6.27. The summed E-state index contributed by atoms with van der Waals surface area (Å²) in [5.41, 5.74) is 6.19. The van der Waals surface area contributed by atoms with E-state index in [1.807, 2.05) is 32.0 Å². The molecule has 0 aliphatic carbocycles. The predicted octanol–water partition coefficient (Wildman–Crippen LogP) is 5.50. The standard InChI is InChI=1S/C21H21Cl2N3O/c1-12-8-16(9-13(2)24-12)20-19-6-7-27-14(3)11-26(19)21(25-20)15-4-5-17(22)18(23)10-15/h4-5,8-10,14H,6-7,11H2,1-3H3. The largest absolute Gasteiger partial charge is 0.376 e. The molecule has 0 saturated carbocycles. The Hall–Kier alpha value is -1.88. The van der Waals surface area contributed by atoms with Crippen molar-refractivity contribution in [3.63, 3.8) is 0 Å². The third-order valence-corrected chi connectivity index (χ3v) is 5.53. The number of rotatable bonds is 2. The topological polar surface area (TPSA) is 39.9 Å². The molecule has 1 aliphatic rings. The number of ether oxygens (including phenoxy) is 1. The Kier molecular flexibility index (Phi) is 4.97. The number of aryl methyl sites for hydroxylation is 2. The molecule has 1 unspecified atom stereocenters. The van der Waals surface area contributed by atoms with E-state index in [0.717, 1.165) is 47.0 Å². The number of halogens is 2. The minimum Gasteiger partial charge on any atom is -0.376 e. The van der Waals surface area contributed by atoms with Crippen molar-refractivity contribution in [2.45, 2.75) is 39.8 Å². The van der Waals surface area contributed by atoms with Crippen LogP contribution >= 0.6 is 23.2 Å². The van der Waals surface area contributed by atoms with E-state index in [4.69, 9.17) is 32.9 Å². The summed E-state index contributed by atoms with van der Waals surface area (Å²) in [5.74, 6) is 0.892. The molecule has 0 spiro atoms. The van der Waals surface area contributed by atoms with E-state index >= 15 is 0 Å². The van der Waals surface area contributed by atoms with Gasteiger partial charge in [-0.1, -0.05) is 23.2 Å². The lowest BCUT2D eigenvalue weighted by atomic mass is 10.1. The maximum atomic E-state index is 6.27. The Balaban J connectivity index is 1.94. The van der Waals surface area contributed by atoms with Gasteiger partial charge >= 0.3 is 0 Å². The number of hydrogen-bond acceptors (Lipinski definition) is 3. The molecule has 6 heteroatoms. The number of pyridine rings is 1. The average Bonchev–Trinajstić information content (AvgIpc) is 2.83. The zero-order chi connectivity index (χ0) is 19.1. The molecule has 0 fully saturated rings. The van der Waals surface area contributed by atoms with Crippen LogP contribution < -0.4 is 0 Å². The van der Waals surface area contributed by atoms with Crippen LogP contribution in [-0.2, 0) is 17.7 Å². The summed E-state index contributed by atoms with van der Waals surface area (Å²) in [6, 6.07) is 9.83. The van der Waals surface area contributed by atoms with Crippen LogP contribution in [0.2, 0.25) is 10.0 Å². The van der Waals surface area contributed by atoms with E-state index in [9.17, 15) is 0 Å². The Bertz CT molecular complexity index is 993. The van der Waals surface area contributed by atoms with Crippen molar-refractivity contribution in [3.05, 3.63) is 57.5 Å². The van der Waals surface area contributed by atoms with Crippen LogP contribution in [-0.4, -0.2) is 27.2 Å². The predicted molar refractivity (Wildman–Crippen MR) is 110 cm³/mol. The highest BCUT2D eigenvalue weighted by Gasteiger charge is 2.24. The monoisotopic (exact) mass is 401 g/mol. The van der Waals surface area contributed by atoms with Gasteiger partial charge in [0.1, 0.15) is 5.82 Å². The van der Waals surface area contributed by atoms with E-state index < -0.39 is 0 Å². The third kappa shape index (κ3) is 3.62. The molecule has 4 rings (SSSR count). The molecule has 3 heterocycles. The fourth-order valence-electron chi connectivity index (χ4n) is 3.66. The van der Waals surface area contributed by atoms with Gasteiger partial charge in [0.05, 0.1) is 35.0 Å². The van der Waals surface area contributed by atoms with Crippen LogP contribution in [0.25, 0.3) is 22.6 Å². The van der Waals surface area contributed by atoms with Gasteiger partial charge in [-0.2, -0.15) is 0 Å². The van der Waals surface area contributed by atoms with Crippen molar-refractivity contribution < 1.29 is 4.74 Å². The van der Waals surface area contributed by atoms with E-state index in [2.05, 4.69) is 28.6 Å². The summed E-state index contributed by atoms with van der Waals surface area (Å²) >= 11 is 12.4. The van der Waals surface area contributed by atoms with Crippen LogP contribution in [0, 0.1) is 13.8 Å². The summed E-state index contributed by atoms with van der Waals surface area (Å²) in [4.78, 5) is 9.54. The van der Waals surface area contributed by atoms with Gasteiger partial charge in [0, 0.05) is 34.6 Å². The van der Waals surface area contributed by atoms with Gasteiger partial charge in [-0.05, 0) is 51.1 Å². The van der Waals surface area contributed by atoms with Crippen molar-refractivity contribution in [3.8, 4) is 22.6 Å². The van der Waals surface area contributed by atoms with Crippen molar-refractivity contribution >= 4 is 23.2 Å². The molecule has 27 heavy (non-hydrogen) atoms. The van der Waals surface area contributed by atoms with Gasteiger partial charge in [0.2, 0.25) is 0 Å². The number of nitrogens with zero attached hydrogens (tertiary/aromatic N) is 3. The number of hydrogen-bond donors (Lipinski definition) is 0. The van der Waals surface area contributed by atoms with Crippen molar-refractivity contribution in [1.29, 1.82) is 0 Å². The summed E-state index contributed by atoms with van der Waals surface area (Å²) in [5, 5.41) is 1.07. The summed E-state index contributed by atoms with van der Waals surface area (Å²) in [6.45, 7) is 7.55. The first-order valence-electron chi connectivity index (χ1n) is 9.04. The molecule has 1 aromatic carbocycles. The number of benzene rings is 1. The smallest absolute Gasteiger partial charge is 0.141 e. The zero-order valence-corrected chi connectivity index (χ0v) is 17.1.